The monoisotopic (exact) mass is 299 g/mol. The summed E-state index contributed by atoms with van der Waals surface area (Å²) >= 11 is 6.03. The standard InChI is InChI=1S/C16H14ClN3O/c1-10-11(5-4-6-12(10)17)16(21)18-9-15-19-13-7-2-3-8-14(13)20-15/h2-8H,9H2,1H3,(H,18,21)(H,19,20). The van der Waals surface area contributed by atoms with Crippen molar-refractivity contribution in [1.29, 1.82) is 0 Å². The first-order valence-corrected chi connectivity index (χ1v) is 7.00. The third kappa shape index (κ3) is 2.76. The van der Waals surface area contributed by atoms with Crippen molar-refractivity contribution in [2.75, 3.05) is 0 Å². The summed E-state index contributed by atoms with van der Waals surface area (Å²) < 4.78 is 0. The molecule has 3 rings (SSSR count). The van der Waals surface area contributed by atoms with Crippen LogP contribution < -0.4 is 5.32 Å². The number of H-pyrrole nitrogens is 1. The Morgan fingerprint density at radius 3 is 2.86 bits per heavy atom. The molecule has 0 saturated carbocycles. The maximum Gasteiger partial charge on any atom is 0.251 e. The fourth-order valence-electron chi connectivity index (χ4n) is 2.20. The SMILES string of the molecule is Cc1c(Cl)cccc1C(=O)NCc1nc2ccccc2[nH]1. The van der Waals surface area contributed by atoms with E-state index in [1.54, 1.807) is 18.2 Å². The minimum absolute atomic E-state index is 0.157. The van der Waals surface area contributed by atoms with E-state index in [0.29, 0.717) is 17.1 Å². The summed E-state index contributed by atoms with van der Waals surface area (Å²) in [5.74, 6) is 0.569. The van der Waals surface area contributed by atoms with Gasteiger partial charge in [0, 0.05) is 10.6 Å². The summed E-state index contributed by atoms with van der Waals surface area (Å²) in [6.07, 6.45) is 0. The number of nitrogens with zero attached hydrogens (tertiary/aromatic N) is 1. The molecular formula is C16H14ClN3O. The minimum atomic E-state index is -0.157. The largest absolute Gasteiger partial charge is 0.345 e. The summed E-state index contributed by atoms with van der Waals surface area (Å²) in [6.45, 7) is 2.18. The lowest BCUT2D eigenvalue weighted by Gasteiger charge is -2.07. The van der Waals surface area contributed by atoms with E-state index < -0.39 is 0 Å². The van der Waals surface area contributed by atoms with Gasteiger partial charge in [0.05, 0.1) is 17.6 Å². The van der Waals surface area contributed by atoms with Crippen LogP contribution in [0.3, 0.4) is 0 Å². The zero-order valence-electron chi connectivity index (χ0n) is 11.5. The average molecular weight is 300 g/mol. The molecule has 21 heavy (non-hydrogen) atoms. The van der Waals surface area contributed by atoms with Crippen LogP contribution in [0.4, 0.5) is 0 Å². The van der Waals surface area contributed by atoms with Gasteiger partial charge < -0.3 is 10.3 Å². The van der Waals surface area contributed by atoms with Crippen molar-refractivity contribution in [3.05, 3.63) is 64.4 Å². The number of halogens is 1. The number of hydrogen-bond acceptors (Lipinski definition) is 2. The number of hydrogen-bond donors (Lipinski definition) is 2. The highest BCUT2D eigenvalue weighted by molar-refractivity contribution is 6.31. The number of benzene rings is 2. The Morgan fingerprint density at radius 2 is 2.05 bits per heavy atom. The molecule has 0 aliphatic heterocycles. The highest BCUT2D eigenvalue weighted by atomic mass is 35.5. The Labute approximate surface area is 127 Å². The molecule has 0 bridgehead atoms. The van der Waals surface area contributed by atoms with E-state index >= 15 is 0 Å². The average Bonchev–Trinajstić information content (AvgIpc) is 2.90. The third-order valence-corrected chi connectivity index (χ3v) is 3.78. The van der Waals surface area contributed by atoms with Crippen molar-refractivity contribution in [3.8, 4) is 0 Å². The predicted octanol–water partition coefficient (Wildman–Crippen LogP) is 3.45. The van der Waals surface area contributed by atoms with E-state index in [-0.39, 0.29) is 5.91 Å². The second-order valence-corrected chi connectivity index (χ2v) is 5.20. The highest BCUT2D eigenvalue weighted by Crippen LogP contribution is 2.18. The number of nitrogens with one attached hydrogen (secondary N) is 2. The molecule has 106 valence electrons. The van der Waals surface area contributed by atoms with Crippen LogP contribution in [0.5, 0.6) is 0 Å². The number of imidazole rings is 1. The Balaban J connectivity index is 1.75. The van der Waals surface area contributed by atoms with Crippen molar-refractivity contribution in [3.63, 3.8) is 0 Å². The van der Waals surface area contributed by atoms with Gasteiger partial charge in [0.25, 0.3) is 5.91 Å². The van der Waals surface area contributed by atoms with E-state index in [9.17, 15) is 4.79 Å². The summed E-state index contributed by atoms with van der Waals surface area (Å²) in [6, 6.07) is 13.1. The van der Waals surface area contributed by atoms with Gasteiger partial charge in [0.15, 0.2) is 0 Å². The van der Waals surface area contributed by atoms with E-state index in [1.807, 2.05) is 31.2 Å². The Kier molecular flexibility index (Phi) is 3.62. The molecule has 2 N–H and O–H groups in total. The van der Waals surface area contributed by atoms with Crippen molar-refractivity contribution in [2.45, 2.75) is 13.5 Å². The number of aromatic amines is 1. The van der Waals surface area contributed by atoms with Gasteiger partial charge in [0.1, 0.15) is 5.82 Å². The van der Waals surface area contributed by atoms with E-state index in [4.69, 9.17) is 11.6 Å². The zero-order chi connectivity index (χ0) is 14.8. The second kappa shape index (κ2) is 5.58. The van der Waals surface area contributed by atoms with Crippen molar-refractivity contribution in [1.82, 2.24) is 15.3 Å². The van der Waals surface area contributed by atoms with Crippen LogP contribution in [0.25, 0.3) is 11.0 Å². The molecule has 0 spiro atoms. The number of carbonyl (C=O) groups excluding carboxylic acids is 1. The smallest absolute Gasteiger partial charge is 0.251 e. The molecule has 1 heterocycles. The third-order valence-electron chi connectivity index (χ3n) is 3.37. The number of carbonyl (C=O) groups is 1. The van der Waals surface area contributed by atoms with Gasteiger partial charge in [-0.05, 0) is 36.8 Å². The van der Waals surface area contributed by atoms with Gasteiger partial charge in [-0.2, -0.15) is 0 Å². The van der Waals surface area contributed by atoms with Crippen LogP contribution in [0.15, 0.2) is 42.5 Å². The van der Waals surface area contributed by atoms with Crippen LogP contribution in [0.1, 0.15) is 21.7 Å². The van der Waals surface area contributed by atoms with Crippen LogP contribution in [0.2, 0.25) is 5.02 Å². The molecule has 0 saturated heterocycles. The normalized spacial score (nSPS) is 10.8. The predicted molar refractivity (Wildman–Crippen MR) is 83.5 cm³/mol. The van der Waals surface area contributed by atoms with Crippen LogP contribution in [-0.2, 0) is 6.54 Å². The van der Waals surface area contributed by atoms with Gasteiger partial charge in [-0.1, -0.05) is 29.8 Å². The molecule has 0 fully saturated rings. The quantitative estimate of drug-likeness (QED) is 0.778. The maximum atomic E-state index is 12.2. The van der Waals surface area contributed by atoms with Gasteiger partial charge in [-0.25, -0.2) is 4.98 Å². The van der Waals surface area contributed by atoms with Crippen LogP contribution in [0, 0.1) is 6.92 Å². The molecule has 0 radical (unpaired) electrons. The maximum absolute atomic E-state index is 12.2. The van der Waals surface area contributed by atoms with Gasteiger partial charge >= 0.3 is 0 Å². The summed E-state index contributed by atoms with van der Waals surface area (Å²) in [5.41, 5.74) is 3.21. The summed E-state index contributed by atoms with van der Waals surface area (Å²) in [7, 11) is 0. The highest BCUT2D eigenvalue weighted by Gasteiger charge is 2.11. The Hall–Kier alpha value is -2.33. The Bertz CT molecular complexity index is 777. The fourth-order valence-corrected chi connectivity index (χ4v) is 2.38. The molecule has 0 atom stereocenters. The molecule has 3 aromatic rings. The molecular weight excluding hydrogens is 286 g/mol. The number of amides is 1. The molecule has 4 nitrogen and oxygen atoms in total. The van der Waals surface area contributed by atoms with Gasteiger partial charge in [0.2, 0.25) is 0 Å². The van der Waals surface area contributed by atoms with Gasteiger partial charge in [-0.3, -0.25) is 4.79 Å². The molecule has 0 aliphatic carbocycles. The first-order chi connectivity index (χ1) is 10.1. The lowest BCUT2D eigenvalue weighted by atomic mass is 10.1. The van der Waals surface area contributed by atoms with E-state index in [1.165, 1.54) is 0 Å². The summed E-state index contributed by atoms with van der Waals surface area (Å²) in [4.78, 5) is 19.8. The molecule has 5 heteroatoms. The topological polar surface area (TPSA) is 57.8 Å². The zero-order valence-corrected chi connectivity index (χ0v) is 12.2. The van der Waals surface area contributed by atoms with Crippen molar-refractivity contribution < 1.29 is 4.79 Å². The van der Waals surface area contributed by atoms with Crippen molar-refractivity contribution in [2.24, 2.45) is 0 Å². The lowest BCUT2D eigenvalue weighted by Crippen LogP contribution is -2.24. The number of rotatable bonds is 3. The second-order valence-electron chi connectivity index (χ2n) is 4.80. The Morgan fingerprint density at radius 1 is 1.24 bits per heavy atom. The summed E-state index contributed by atoms with van der Waals surface area (Å²) in [5, 5.41) is 3.44. The molecule has 0 unspecified atom stereocenters. The molecule has 1 amide bonds. The number of para-hydroxylation sites is 2. The van der Waals surface area contributed by atoms with E-state index in [2.05, 4.69) is 15.3 Å². The molecule has 0 aliphatic rings. The number of fused-ring (bicyclic) bond motifs is 1. The van der Waals surface area contributed by atoms with E-state index in [0.717, 1.165) is 22.4 Å². The van der Waals surface area contributed by atoms with Gasteiger partial charge in [-0.15, -0.1) is 0 Å². The minimum Gasteiger partial charge on any atom is -0.345 e. The fraction of sp³-hybridized carbons (Fsp3) is 0.125. The van der Waals surface area contributed by atoms with Crippen LogP contribution in [-0.4, -0.2) is 15.9 Å². The van der Waals surface area contributed by atoms with Crippen molar-refractivity contribution >= 4 is 28.5 Å². The first-order valence-electron chi connectivity index (χ1n) is 6.62. The lowest BCUT2D eigenvalue weighted by molar-refractivity contribution is 0.0949. The molecule has 1 aromatic heterocycles. The number of aromatic nitrogens is 2. The van der Waals surface area contributed by atoms with Crippen LogP contribution >= 0.6 is 11.6 Å². The first kappa shape index (κ1) is 13.6. The molecule has 2 aromatic carbocycles.